The van der Waals surface area contributed by atoms with Crippen molar-refractivity contribution in [2.75, 3.05) is 6.61 Å². The van der Waals surface area contributed by atoms with Crippen molar-refractivity contribution in [1.29, 1.82) is 0 Å². The van der Waals surface area contributed by atoms with Gasteiger partial charge in [-0.1, -0.05) is 12.7 Å². The molecule has 0 bridgehead atoms. The lowest BCUT2D eigenvalue weighted by molar-refractivity contribution is -0.400. The highest BCUT2D eigenvalue weighted by Crippen LogP contribution is 2.35. The van der Waals surface area contributed by atoms with Gasteiger partial charge in [-0.05, 0) is 49.6 Å². The molecule has 0 spiro atoms. The molecule has 0 fully saturated rings. The Bertz CT molecular complexity index is 449. The molecule has 0 atom stereocenters. The minimum absolute atomic E-state index is 0.390. The van der Waals surface area contributed by atoms with Crippen molar-refractivity contribution in [3.05, 3.63) is 55.6 Å². The summed E-state index contributed by atoms with van der Waals surface area (Å²) in [5.41, 5.74) is 0.700. The molecule has 0 aromatic heterocycles. The molecule has 0 radical (unpaired) electrons. The number of hydrogen-bond donors (Lipinski definition) is 0. The smallest absolute Gasteiger partial charge is 0.235 e. The first kappa shape index (κ1) is 13.9. The summed E-state index contributed by atoms with van der Waals surface area (Å²) in [5, 5.41) is 10.2. The lowest BCUT2D eigenvalue weighted by Crippen LogP contribution is -1.95. The molecule has 90 valence electrons. The first-order valence-electron chi connectivity index (χ1n) is 4.59. The van der Waals surface area contributed by atoms with E-state index in [9.17, 15) is 10.1 Å². The van der Waals surface area contributed by atoms with Crippen LogP contribution in [0.4, 0.5) is 0 Å². The van der Waals surface area contributed by atoms with Gasteiger partial charge in [-0.3, -0.25) is 10.1 Å². The summed E-state index contributed by atoms with van der Waals surface area (Å²) < 4.78 is 6.87. The summed E-state index contributed by atoms with van der Waals surface area (Å²) in [5.74, 6) is 0.642. The van der Waals surface area contributed by atoms with E-state index in [1.54, 1.807) is 18.2 Å². The third-order valence-electron chi connectivity index (χ3n) is 1.75. The molecular formula is C11H9Br2NO3. The van der Waals surface area contributed by atoms with Gasteiger partial charge in [0.15, 0.2) is 0 Å². The zero-order valence-corrected chi connectivity index (χ0v) is 11.9. The van der Waals surface area contributed by atoms with Gasteiger partial charge in [0.1, 0.15) is 12.4 Å². The van der Waals surface area contributed by atoms with E-state index < -0.39 is 4.92 Å². The monoisotopic (exact) mass is 361 g/mol. The van der Waals surface area contributed by atoms with Crippen LogP contribution in [0.2, 0.25) is 0 Å². The van der Waals surface area contributed by atoms with E-state index in [0.29, 0.717) is 17.9 Å². The van der Waals surface area contributed by atoms with E-state index >= 15 is 0 Å². The van der Waals surface area contributed by atoms with Crippen molar-refractivity contribution in [1.82, 2.24) is 0 Å². The minimum atomic E-state index is -0.510. The molecule has 0 saturated carbocycles. The molecule has 0 N–H and O–H groups in total. The zero-order valence-electron chi connectivity index (χ0n) is 8.73. The van der Waals surface area contributed by atoms with Gasteiger partial charge >= 0.3 is 0 Å². The van der Waals surface area contributed by atoms with Crippen LogP contribution in [0, 0.1) is 10.1 Å². The zero-order chi connectivity index (χ0) is 12.8. The first-order valence-corrected chi connectivity index (χ1v) is 6.17. The molecule has 0 unspecified atom stereocenters. The number of benzene rings is 1. The second-order valence-corrected chi connectivity index (χ2v) is 4.72. The summed E-state index contributed by atoms with van der Waals surface area (Å²) in [6.45, 7) is 3.95. The topological polar surface area (TPSA) is 52.4 Å². The van der Waals surface area contributed by atoms with E-state index in [1.807, 2.05) is 0 Å². The second-order valence-electron chi connectivity index (χ2n) is 3.01. The van der Waals surface area contributed by atoms with Gasteiger partial charge in [0.05, 0.1) is 13.9 Å². The van der Waals surface area contributed by atoms with Gasteiger partial charge in [0, 0.05) is 6.08 Å². The predicted molar refractivity (Wildman–Crippen MR) is 73.6 cm³/mol. The highest BCUT2D eigenvalue weighted by atomic mass is 79.9. The number of nitrogens with zero attached hydrogens (tertiary/aromatic N) is 1. The van der Waals surface area contributed by atoms with Gasteiger partial charge in [0.25, 0.3) is 0 Å². The van der Waals surface area contributed by atoms with E-state index in [1.165, 1.54) is 6.08 Å². The average molecular weight is 363 g/mol. The fraction of sp³-hybridized carbons (Fsp3) is 0.0909. The summed E-state index contributed by atoms with van der Waals surface area (Å²) in [7, 11) is 0. The Labute approximate surface area is 115 Å². The summed E-state index contributed by atoms with van der Waals surface area (Å²) >= 11 is 6.68. The molecule has 1 aromatic rings. The van der Waals surface area contributed by atoms with Crippen LogP contribution in [0.1, 0.15) is 5.56 Å². The Hall–Kier alpha value is -1.14. The number of nitro groups is 1. The highest BCUT2D eigenvalue weighted by Gasteiger charge is 2.07. The van der Waals surface area contributed by atoms with Crippen LogP contribution >= 0.6 is 31.9 Å². The summed E-state index contributed by atoms with van der Waals surface area (Å²) in [4.78, 5) is 9.70. The molecule has 17 heavy (non-hydrogen) atoms. The molecule has 6 heteroatoms. The van der Waals surface area contributed by atoms with E-state index in [2.05, 4.69) is 38.4 Å². The first-order chi connectivity index (χ1) is 8.04. The molecule has 0 aliphatic heterocycles. The van der Waals surface area contributed by atoms with E-state index in [4.69, 9.17) is 4.74 Å². The largest absolute Gasteiger partial charge is 0.487 e. The quantitative estimate of drug-likeness (QED) is 0.451. The molecular weight excluding hydrogens is 354 g/mol. The predicted octanol–water partition coefficient (Wildman–Crippen LogP) is 4.02. The Morgan fingerprint density at radius 3 is 2.47 bits per heavy atom. The molecule has 0 heterocycles. The molecule has 1 aromatic carbocycles. The van der Waals surface area contributed by atoms with Crippen LogP contribution in [-0.4, -0.2) is 11.5 Å². The number of rotatable bonds is 5. The Kier molecular flexibility index (Phi) is 5.37. The van der Waals surface area contributed by atoms with Crippen LogP contribution in [0.3, 0.4) is 0 Å². The van der Waals surface area contributed by atoms with Crippen molar-refractivity contribution in [2.45, 2.75) is 0 Å². The van der Waals surface area contributed by atoms with Gasteiger partial charge in [0.2, 0.25) is 6.20 Å². The molecule has 4 nitrogen and oxygen atoms in total. The SMILES string of the molecule is C=CCOc1c(Br)cc(/C=C/[N+](=O)[O-])cc1Br. The van der Waals surface area contributed by atoms with Gasteiger partial charge in [-0.15, -0.1) is 0 Å². The maximum Gasteiger partial charge on any atom is 0.235 e. The van der Waals surface area contributed by atoms with Crippen LogP contribution in [-0.2, 0) is 0 Å². The van der Waals surface area contributed by atoms with Crippen LogP contribution in [0.5, 0.6) is 5.75 Å². The third kappa shape index (κ3) is 4.32. The lowest BCUT2D eigenvalue weighted by atomic mass is 10.2. The van der Waals surface area contributed by atoms with E-state index in [0.717, 1.165) is 15.1 Å². The molecule has 1 rings (SSSR count). The maximum atomic E-state index is 10.2. The van der Waals surface area contributed by atoms with Crippen molar-refractivity contribution in [3.8, 4) is 5.75 Å². The van der Waals surface area contributed by atoms with Crippen molar-refractivity contribution in [3.63, 3.8) is 0 Å². The third-order valence-corrected chi connectivity index (χ3v) is 2.93. The summed E-state index contributed by atoms with van der Waals surface area (Å²) in [6, 6.07) is 3.48. The van der Waals surface area contributed by atoms with E-state index in [-0.39, 0.29) is 0 Å². The number of hydrogen-bond acceptors (Lipinski definition) is 3. The van der Waals surface area contributed by atoms with Gasteiger partial charge in [-0.2, -0.15) is 0 Å². The van der Waals surface area contributed by atoms with Gasteiger partial charge < -0.3 is 4.74 Å². The fourth-order valence-corrected chi connectivity index (χ4v) is 2.55. The van der Waals surface area contributed by atoms with Crippen molar-refractivity contribution < 1.29 is 9.66 Å². The average Bonchev–Trinajstić information content (AvgIpc) is 2.25. The number of ether oxygens (including phenoxy) is 1. The Morgan fingerprint density at radius 2 is 2.00 bits per heavy atom. The molecule has 0 aliphatic rings. The molecule has 0 amide bonds. The second kappa shape index (κ2) is 6.56. The molecule has 0 aliphatic carbocycles. The Balaban J connectivity index is 3.00. The highest BCUT2D eigenvalue weighted by molar-refractivity contribution is 9.11. The van der Waals surface area contributed by atoms with Crippen molar-refractivity contribution in [2.24, 2.45) is 0 Å². The van der Waals surface area contributed by atoms with Crippen LogP contribution in [0.15, 0.2) is 39.9 Å². The maximum absolute atomic E-state index is 10.2. The standard InChI is InChI=1S/C11H9Br2NO3/c1-2-5-17-11-9(12)6-8(7-10(11)13)3-4-14(15)16/h2-4,6-7H,1,5H2/b4-3+. The summed E-state index contributed by atoms with van der Waals surface area (Å²) in [6.07, 6.45) is 3.94. The lowest BCUT2D eigenvalue weighted by Gasteiger charge is -2.09. The fourth-order valence-electron chi connectivity index (χ4n) is 1.10. The minimum Gasteiger partial charge on any atom is -0.487 e. The Morgan fingerprint density at radius 1 is 1.41 bits per heavy atom. The molecule has 0 saturated heterocycles. The van der Waals surface area contributed by atoms with Crippen LogP contribution in [0.25, 0.3) is 6.08 Å². The normalized spacial score (nSPS) is 10.5. The van der Waals surface area contributed by atoms with Gasteiger partial charge in [-0.25, -0.2) is 0 Å². The van der Waals surface area contributed by atoms with Crippen molar-refractivity contribution >= 4 is 37.9 Å². The number of halogens is 2. The van der Waals surface area contributed by atoms with Crippen LogP contribution < -0.4 is 4.74 Å².